The summed E-state index contributed by atoms with van der Waals surface area (Å²) in [5.41, 5.74) is 2.68. The Balaban J connectivity index is 1.24. The number of ether oxygens (including phenoxy) is 3. The molecule has 3 aromatic rings. The average Bonchev–Trinajstić information content (AvgIpc) is 3.48. The number of para-hydroxylation sites is 1. The average molecular weight is 796 g/mol. The van der Waals surface area contributed by atoms with Crippen molar-refractivity contribution in [1.29, 1.82) is 0 Å². The topological polar surface area (TPSA) is 123 Å². The smallest absolute Gasteiger partial charge is 0.254 e. The molecule has 1 N–H and O–H groups in total. The second kappa shape index (κ2) is 13.0. The lowest BCUT2D eigenvalue weighted by Crippen LogP contribution is -2.60. The van der Waals surface area contributed by atoms with Gasteiger partial charge in [0.25, 0.3) is 11.8 Å². The number of rotatable bonds is 8. The highest BCUT2D eigenvalue weighted by Crippen LogP contribution is 2.66. The maximum Gasteiger partial charge on any atom is 0.254 e. The molecule has 51 heavy (non-hydrogen) atoms. The molecule has 6 unspecified atom stereocenters. The molecule has 6 atom stereocenters. The molecule has 0 spiro atoms. The van der Waals surface area contributed by atoms with E-state index in [1.54, 1.807) is 56.7 Å². The van der Waals surface area contributed by atoms with Crippen molar-refractivity contribution in [2.75, 3.05) is 31.7 Å². The predicted octanol–water partition coefficient (Wildman–Crippen LogP) is 6.50. The fraction of sp³-hybridized carbons (Fsp3) is 0.316. The van der Waals surface area contributed by atoms with Gasteiger partial charge < -0.3 is 19.3 Å². The maximum absolute atomic E-state index is 14.4. The third-order valence-corrected chi connectivity index (χ3v) is 12.5. The number of alkyl halides is 3. The summed E-state index contributed by atoms with van der Waals surface area (Å²) in [6, 6.07) is 17.3. The van der Waals surface area contributed by atoms with E-state index in [9.17, 15) is 24.3 Å². The number of hydrogen-bond donors (Lipinski definition) is 1. The number of anilines is 1. The number of carbonyl (C=O) groups is 4. The van der Waals surface area contributed by atoms with Crippen LogP contribution in [0.2, 0.25) is 0 Å². The SMILES string of the molecule is COc1ccc(OC)c(C=Cc2ccc(N3C(=O)C4CC=C5C(CC6(Cl)C(=O)N(CBr)C(=O)C6(Cl)C5c5cccc(OC)c5O)C4C3=O)cc2)c1. The molecular formula is C38H33BrCl2N2O8. The second-order valence-electron chi connectivity index (χ2n) is 12.9. The van der Waals surface area contributed by atoms with Gasteiger partial charge in [0.2, 0.25) is 11.8 Å². The van der Waals surface area contributed by atoms with Gasteiger partial charge in [0.15, 0.2) is 21.2 Å². The molecule has 7 rings (SSSR count). The number of imide groups is 2. The van der Waals surface area contributed by atoms with Crippen molar-refractivity contribution < 1.29 is 38.5 Å². The third-order valence-electron chi connectivity index (χ3n) is 10.6. The molecule has 10 nitrogen and oxygen atoms in total. The van der Waals surface area contributed by atoms with Gasteiger partial charge >= 0.3 is 0 Å². The van der Waals surface area contributed by atoms with Crippen LogP contribution in [0.3, 0.4) is 0 Å². The van der Waals surface area contributed by atoms with E-state index >= 15 is 0 Å². The van der Waals surface area contributed by atoms with E-state index in [0.29, 0.717) is 22.8 Å². The number of hydrogen-bond acceptors (Lipinski definition) is 8. The van der Waals surface area contributed by atoms with Crippen LogP contribution < -0.4 is 19.1 Å². The van der Waals surface area contributed by atoms with E-state index in [4.69, 9.17) is 37.4 Å². The van der Waals surface area contributed by atoms with Gasteiger partial charge in [-0.15, -0.1) is 23.2 Å². The van der Waals surface area contributed by atoms with Crippen molar-refractivity contribution in [3.05, 3.63) is 89.0 Å². The first-order chi connectivity index (χ1) is 24.4. The number of methoxy groups -OCH3 is 3. The van der Waals surface area contributed by atoms with Crippen LogP contribution in [0.25, 0.3) is 12.2 Å². The highest BCUT2D eigenvalue weighted by molar-refractivity contribution is 9.09. The van der Waals surface area contributed by atoms with E-state index < -0.39 is 51.1 Å². The van der Waals surface area contributed by atoms with Crippen LogP contribution in [0.5, 0.6) is 23.0 Å². The summed E-state index contributed by atoms with van der Waals surface area (Å²) < 4.78 is 16.2. The summed E-state index contributed by atoms with van der Waals surface area (Å²) in [5, 5.41) is 11.4. The summed E-state index contributed by atoms with van der Waals surface area (Å²) in [6.45, 7) is 0. The van der Waals surface area contributed by atoms with E-state index in [2.05, 4.69) is 15.9 Å². The molecule has 4 amide bonds. The number of phenolic OH excluding ortho intramolecular Hbond substituents is 1. The fourth-order valence-corrected chi connectivity index (χ4v) is 9.60. The van der Waals surface area contributed by atoms with Crippen molar-refractivity contribution >= 4 is 80.6 Å². The van der Waals surface area contributed by atoms with E-state index in [1.807, 2.05) is 36.4 Å². The Morgan fingerprint density at radius 2 is 1.61 bits per heavy atom. The molecule has 3 fully saturated rings. The van der Waals surface area contributed by atoms with Crippen LogP contribution in [0.4, 0.5) is 5.69 Å². The highest BCUT2D eigenvalue weighted by Gasteiger charge is 2.76. The molecule has 13 heteroatoms. The molecule has 264 valence electrons. The lowest BCUT2D eigenvalue weighted by Gasteiger charge is -2.50. The first-order valence-corrected chi connectivity index (χ1v) is 18.1. The minimum Gasteiger partial charge on any atom is -0.504 e. The summed E-state index contributed by atoms with van der Waals surface area (Å²) in [5.74, 6) is -4.47. The molecule has 1 saturated carbocycles. The quantitative estimate of drug-likeness (QED) is 0.0902. The second-order valence-corrected chi connectivity index (χ2v) is 14.7. The lowest BCUT2D eigenvalue weighted by atomic mass is 9.56. The Bertz CT molecular complexity index is 2040. The zero-order valence-corrected chi connectivity index (χ0v) is 30.9. The summed E-state index contributed by atoms with van der Waals surface area (Å²) >= 11 is 17.8. The molecule has 2 saturated heterocycles. The largest absolute Gasteiger partial charge is 0.504 e. The molecule has 4 aliphatic rings. The number of nitrogens with zero attached hydrogens (tertiary/aromatic N) is 2. The van der Waals surface area contributed by atoms with Gasteiger partial charge in [0.05, 0.1) is 44.3 Å². The molecule has 2 aliphatic heterocycles. The van der Waals surface area contributed by atoms with E-state index in [0.717, 1.165) is 16.0 Å². The van der Waals surface area contributed by atoms with Crippen LogP contribution in [0.15, 0.2) is 72.3 Å². The fourth-order valence-electron chi connectivity index (χ4n) is 8.18. The zero-order valence-electron chi connectivity index (χ0n) is 27.8. The number of phenols is 1. The maximum atomic E-state index is 14.4. The summed E-state index contributed by atoms with van der Waals surface area (Å²) in [7, 11) is 4.57. The van der Waals surface area contributed by atoms with Gasteiger partial charge in [-0.2, -0.15) is 0 Å². The first kappa shape index (κ1) is 35.1. The minimum atomic E-state index is -2.04. The molecule has 0 aromatic heterocycles. The third kappa shape index (κ3) is 5.10. The zero-order chi connectivity index (χ0) is 36.4. The molecule has 2 aliphatic carbocycles. The normalized spacial score (nSPS) is 28.5. The number of allylic oxidation sites excluding steroid dienone is 2. The number of benzene rings is 3. The molecular weight excluding hydrogens is 763 g/mol. The summed E-state index contributed by atoms with van der Waals surface area (Å²) in [4.78, 5) is 54.4. The molecule has 2 heterocycles. The summed E-state index contributed by atoms with van der Waals surface area (Å²) in [6.07, 6.45) is 5.61. The monoisotopic (exact) mass is 794 g/mol. The number of amides is 4. The molecule has 0 bridgehead atoms. The van der Waals surface area contributed by atoms with Crippen LogP contribution in [0, 0.1) is 17.8 Å². The van der Waals surface area contributed by atoms with Crippen molar-refractivity contribution in [3.8, 4) is 23.0 Å². The van der Waals surface area contributed by atoms with E-state index in [-0.39, 0.29) is 41.3 Å². The first-order valence-electron chi connectivity index (χ1n) is 16.2. The Hall–Kier alpha value is -4.32. The Labute approximate surface area is 312 Å². The van der Waals surface area contributed by atoms with Crippen molar-refractivity contribution in [1.82, 2.24) is 4.90 Å². The Kier molecular flexibility index (Phi) is 8.96. The Morgan fingerprint density at radius 3 is 2.27 bits per heavy atom. The van der Waals surface area contributed by atoms with Crippen LogP contribution in [0.1, 0.15) is 35.4 Å². The van der Waals surface area contributed by atoms with Crippen molar-refractivity contribution in [3.63, 3.8) is 0 Å². The number of likely N-dealkylation sites (tertiary alicyclic amines) is 1. The van der Waals surface area contributed by atoms with Gasteiger partial charge in [0.1, 0.15) is 11.5 Å². The Morgan fingerprint density at radius 1 is 0.882 bits per heavy atom. The van der Waals surface area contributed by atoms with Crippen LogP contribution in [-0.2, 0) is 19.2 Å². The lowest BCUT2D eigenvalue weighted by molar-refractivity contribution is -0.138. The van der Waals surface area contributed by atoms with Gasteiger partial charge in [0, 0.05) is 17.0 Å². The van der Waals surface area contributed by atoms with Gasteiger partial charge in [-0.3, -0.25) is 29.0 Å². The van der Waals surface area contributed by atoms with Gasteiger partial charge in [-0.1, -0.05) is 64.0 Å². The van der Waals surface area contributed by atoms with Crippen molar-refractivity contribution in [2.45, 2.75) is 28.5 Å². The molecule has 0 radical (unpaired) electrons. The standard InChI is InChI=1S/C38H33BrCl2N2O8/c1-49-23-13-16-28(50-2)21(17-23)10-7-20-8-11-22(12-9-20)43-33(45)25-15-14-24-27(30(25)34(43)46)18-37(40)35(47)42(19-39)36(48)38(37,41)31(24)26-5-4-6-29(51-3)32(26)44/h4-14,16-17,25,27,30-31,44H,15,18-19H2,1-3H3. The van der Waals surface area contributed by atoms with Gasteiger partial charge in [-0.05, 0) is 60.7 Å². The van der Waals surface area contributed by atoms with Crippen LogP contribution >= 0.6 is 39.1 Å². The number of aromatic hydroxyl groups is 1. The van der Waals surface area contributed by atoms with Gasteiger partial charge in [-0.25, -0.2) is 0 Å². The molecule has 3 aromatic carbocycles. The van der Waals surface area contributed by atoms with E-state index in [1.165, 1.54) is 12.0 Å². The number of halogens is 3. The number of carbonyl (C=O) groups excluding carboxylic acids is 4. The highest BCUT2D eigenvalue weighted by atomic mass is 79.9. The number of fused-ring (bicyclic) bond motifs is 4. The predicted molar refractivity (Wildman–Crippen MR) is 195 cm³/mol. The minimum absolute atomic E-state index is 0.137. The van der Waals surface area contributed by atoms with Crippen LogP contribution in [-0.4, -0.2) is 70.2 Å². The van der Waals surface area contributed by atoms with Crippen molar-refractivity contribution in [2.24, 2.45) is 17.8 Å².